The fourth-order valence-corrected chi connectivity index (χ4v) is 3.63. The molecule has 1 unspecified atom stereocenters. The Labute approximate surface area is 138 Å². The summed E-state index contributed by atoms with van der Waals surface area (Å²) in [5.41, 5.74) is 3.01. The number of rotatable bonds is 4. The van der Waals surface area contributed by atoms with Gasteiger partial charge in [-0.25, -0.2) is 4.79 Å². The first-order valence-electron chi connectivity index (χ1n) is 7.43. The summed E-state index contributed by atoms with van der Waals surface area (Å²) < 4.78 is 0. The van der Waals surface area contributed by atoms with Gasteiger partial charge in [-0.05, 0) is 29.5 Å². The normalized spacial score (nSPS) is 18.7. The van der Waals surface area contributed by atoms with Crippen molar-refractivity contribution in [2.45, 2.75) is 19.5 Å². The molecule has 0 bridgehead atoms. The van der Waals surface area contributed by atoms with Crippen LogP contribution in [0.3, 0.4) is 0 Å². The number of carboxylic acids is 1. The summed E-state index contributed by atoms with van der Waals surface area (Å²) in [4.78, 5) is 25.8. The molecular formula is C17H18N2O3S. The zero-order valence-corrected chi connectivity index (χ0v) is 13.6. The van der Waals surface area contributed by atoms with Crippen LogP contribution in [-0.2, 0) is 11.3 Å². The zero-order valence-electron chi connectivity index (χ0n) is 12.8. The van der Waals surface area contributed by atoms with Gasteiger partial charge in [0.2, 0.25) is 5.91 Å². The average Bonchev–Trinajstić information content (AvgIpc) is 2.96. The minimum atomic E-state index is -0.909. The molecule has 1 saturated heterocycles. The summed E-state index contributed by atoms with van der Waals surface area (Å²) >= 11 is 1.22. The zero-order chi connectivity index (χ0) is 16.4. The van der Waals surface area contributed by atoms with Crippen LogP contribution in [-0.4, -0.2) is 35.0 Å². The van der Waals surface area contributed by atoms with E-state index >= 15 is 0 Å². The lowest BCUT2D eigenvalue weighted by molar-refractivity contribution is -0.129. The Morgan fingerprint density at radius 3 is 2.96 bits per heavy atom. The number of hydrogen-bond acceptors (Lipinski definition) is 4. The second kappa shape index (κ2) is 6.52. The number of piperazine rings is 1. The highest BCUT2D eigenvalue weighted by atomic mass is 32.1. The maximum atomic E-state index is 12.4. The quantitative estimate of drug-likeness (QED) is 0.903. The van der Waals surface area contributed by atoms with Crippen LogP contribution >= 0.6 is 11.3 Å². The maximum Gasteiger partial charge on any atom is 0.345 e. The van der Waals surface area contributed by atoms with E-state index in [1.165, 1.54) is 11.3 Å². The topological polar surface area (TPSA) is 69.6 Å². The van der Waals surface area contributed by atoms with Crippen LogP contribution < -0.4 is 5.32 Å². The van der Waals surface area contributed by atoms with Gasteiger partial charge in [-0.3, -0.25) is 9.69 Å². The number of aromatic carboxylic acids is 1. The van der Waals surface area contributed by atoms with Crippen molar-refractivity contribution in [1.82, 2.24) is 10.2 Å². The van der Waals surface area contributed by atoms with Gasteiger partial charge in [-0.15, -0.1) is 11.3 Å². The predicted octanol–water partition coefficient (Wildman–Crippen LogP) is 2.43. The first kappa shape index (κ1) is 15.7. The van der Waals surface area contributed by atoms with Gasteiger partial charge in [-0.2, -0.15) is 0 Å². The van der Waals surface area contributed by atoms with Crippen LogP contribution in [0.2, 0.25) is 0 Å². The minimum absolute atomic E-state index is 0.00413. The molecule has 0 radical (unpaired) electrons. The molecule has 0 spiro atoms. The molecule has 0 aliphatic carbocycles. The molecule has 23 heavy (non-hydrogen) atoms. The number of nitrogens with one attached hydrogen (secondary N) is 1. The number of aryl methyl sites for hydroxylation is 1. The van der Waals surface area contributed by atoms with E-state index in [9.17, 15) is 9.59 Å². The second-order valence-electron chi connectivity index (χ2n) is 5.70. The Balaban J connectivity index is 1.85. The molecule has 6 heteroatoms. The van der Waals surface area contributed by atoms with Gasteiger partial charge < -0.3 is 10.4 Å². The average molecular weight is 330 g/mol. The predicted molar refractivity (Wildman–Crippen MR) is 88.6 cm³/mol. The first-order chi connectivity index (χ1) is 11.0. The van der Waals surface area contributed by atoms with E-state index in [4.69, 9.17) is 5.11 Å². The highest BCUT2D eigenvalue weighted by molar-refractivity contribution is 7.12. The summed E-state index contributed by atoms with van der Waals surface area (Å²) in [7, 11) is 0. The lowest BCUT2D eigenvalue weighted by Gasteiger charge is -2.35. The third-order valence-electron chi connectivity index (χ3n) is 3.92. The van der Waals surface area contributed by atoms with E-state index in [-0.39, 0.29) is 11.9 Å². The van der Waals surface area contributed by atoms with E-state index in [1.54, 1.807) is 6.07 Å². The molecule has 3 rings (SSSR count). The fourth-order valence-electron chi connectivity index (χ4n) is 2.89. The molecule has 1 aromatic heterocycles. The molecule has 0 saturated carbocycles. The Kier molecular flexibility index (Phi) is 4.45. The van der Waals surface area contributed by atoms with Crippen molar-refractivity contribution < 1.29 is 14.7 Å². The van der Waals surface area contributed by atoms with Crippen molar-refractivity contribution in [3.8, 4) is 0 Å². The minimum Gasteiger partial charge on any atom is -0.477 e. The molecule has 1 atom stereocenters. The Bertz CT molecular complexity index is 741. The maximum absolute atomic E-state index is 12.4. The van der Waals surface area contributed by atoms with Crippen molar-refractivity contribution in [3.05, 3.63) is 57.3 Å². The Hall–Kier alpha value is -2.18. The van der Waals surface area contributed by atoms with Crippen LogP contribution in [0.15, 0.2) is 35.7 Å². The van der Waals surface area contributed by atoms with Crippen LogP contribution in [0.1, 0.15) is 32.4 Å². The number of amides is 1. The van der Waals surface area contributed by atoms with Crippen LogP contribution in [0.5, 0.6) is 0 Å². The van der Waals surface area contributed by atoms with Crippen molar-refractivity contribution in [1.29, 1.82) is 0 Å². The van der Waals surface area contributed by atoms with Gasteiger partial charge in [0.1, 0.15) is 10.9 Å². The lowest BCUT2D eigenvalue weighted by Crippen LogP contribution is -2.49. The molecular weight excluding hydrogens is 312 g/mol. The van der Waals surface area contributed by atoms with E-state index in [0.717, 1.165) is 23.2 Å². The van der Waals surface area contributed by atoms with E-state index in [2.05, 4.69) is 10.2 Å². The SMILES string of the molecule is Cc1cccc(C2C(=O)NCCN2Cc2csc(C(=O)O)c2)c1. The van der Waals surface area contributed by atoms with Gasteiger partial charge in [0.05, 0.1) is 0 Å². The van der Waals surface area contributed by atoms with Crippen LogP contribution in [0, 0.1) is 6.92 Å². The largest absolute Gasteiger partial charge is 0.477 e. The summed E-state index contributed by atoms with van der Waals surface area (Å²) in [6.07, 6.45) is 0. The number of carbonyl (C=O) groups excluding carboxylic acids is 1. The molecule has 120 valence electrons. The monoisotopic (exact) mass is 330 g/mol. The molecule has 1 aliphatic heterocycles. The third kappa shape index (κ3) is 3.43. The number of hydrogen-bond donors (Lipinski definition) is 2. The van der Waals surface area contributed by atoms with Crippen LogP contribution in [0.25, 0.3) is 0 Å². The molecule has 5 nitrogen and oxygen atoms in total. The molecule has 1 fully saturated rings. The number of thiophene rings is 1. The Morgan fingerprint density at radius 1 is 1.43 bits per heavy atom. The number of carboxylic acid groups (broad SMARTS) is 1. The van der Waals surface area contributed by atoms with Crippen molar-refractivity contribution in [2.24, 2.45) is 0 Å². The van der Waals surface area contributed by atoms with Crippen molar-refractivity contribution in [3.63, 3.8) is 0 Å². The smallest absolute Gasteiger partial charge is 0.345 e. The van der Waals surface area contributed by atoms with Gasteiger partial charge in [0.25, 0.3) is 0 Å². The van der Waals surface area contributed by atoms with Gasteiger partial charge >= 0.3 is 5.97 Å². The molecule has 2 heterocycles. The second-order valence-corrected chi connectivity index (χ2v) is 6.61. The van der Waals surface area contributed by atoms with Crippen LogP contribution in [0.4, 0.5) is 0 Å². The molecule has 1 aliphatic rings. The number of benzene rings is 1. The van der Waals surface area contributed by atoms with Crippen molar-refractivity contribution >= 4 is 23.2 Å². The van der Waals surface area contributed by atoms with Gasteiger partial charge in [0, 0.05) is 19.6 Å². The highest BCUT2D eigenvalue weighted by Gasteiger charge is 2.31. The first-order valence-corrected chi connectivity index (χ1v) is 8.31. The van der Waals surface area contributed by atoms with Crippen molar-refractivity contribution in [2.75, 3.05) is 13.1 Å². The number of carbonyl (C=O) groups is 2. The summed E-state index contributed by atoms with van der Waals surface area (Å²) in [6, 6.07) is 9.30. The summed E-state index contributed by atoms with van der Waals surface area (Å²) in [5.74, 6) is -0.914. The van der Waals surface area contributed by atoms with Gasteiger partial charge in [-0.1, -0.05) is 29.8 Å². The van der Waals surface area contributed by atoms with E-state index < -0.39 is 5.97 Å². The number of nitrogens with zero attached hydrogens (tertiary/aromatic N) is 1. The molecule has 1 aromatic carbocycles. The molecule has 2 N–H and O–H groups in total. The van der Waals surface area contributed by atoms with E-state index in [0.29, 0.717) is 18.0 Å². The summed E-state index contributed by atoms with van der Waals surface area (Å²) in [5, 5.41) is 13.8. The standard InChI is InChI=1S/C17H18N2O3S/c1-11-3-2-4-13(7-11)15-16(20)18-5-6-19(15)9-12-8-14(17(21)22)23-10-12/h2-4,7-8,10,15H,5-6,9H2,1H3,(H,18,20)(H,21,22). The molecule has 1 amide bonds. The van der Waals surface area contributed by atoms with E-state index in [1.807, 2.05) is 36.6 Å². The summed E-state index contributed by atoms with van der Waals surface area (Å²) in [6.45, 7) is 3.92. The Morgan fingerprint density at radius 2 is 2.26 bits per heavy atom. The lowest BCUT2D eigenvalue weighted by atomic mass is 10.00. The highest BCUT2D eigenvalue weighted by Crippen LogP contribution is 2.27. The molecule has 2 aromatic rings. The fraction of sp³-hybridized carbons (Fsp3) is 0.294. The third-order valence-corrected chi connectivity index (χ3v) is 4.89. The van der Waals surface area contributed by atoms with Gasteiger partial charge in [0.15, 0.2) is 0 Å².